The molecule has 0 aliphatic carbocycles. The fraction of sp³-hybridized carbons (Fsp3) is 0.412. The smallest absolute Gasteiger partial charge is 0.306 e. The van der Waals surface area contributed by atoms with Gasteiger partial charge in [-0.05, 0) is 44.0 Å². The van der Waals surface area contributed by atoms with Crippen LogP contribution in [0.1, 0.15) is 25.5 Å². The van der Waals surface area contributed by atoms with E-state index in [1.54, 1.807) is 4.40 Å². The first-order chi connectivity index (χ1) is 10.7. The summed E-state index contributed by atoms with van der Waals surface area (Å²) in [5.41, 5.74) is 2.45. The third kappa shape index (κ3) is 2.22. The second-order valence-electron chi connectivity index (χ2n) is 6.34. The molecule has 0 amide bonds. The van der Waals surface area contributed by atoms with Gasteiger partial charge in [0.1, 0.15) is 0 Å². The summed E-state index contributed by atoms with van der Waals surface area (Å²) < 4.78 is 1.72. The number of imidazole rings is 1. The number of aromatic amines is 1. The van der Waals surface area contributed by atoms with Crippen LogP contribution in [0.3, 0.4) is 0 Å². The highest BCUT2D eigenvalue weighted by Gasteiger charge is 2.18. The standard InChI is InChI=1S/C17H20N4O/c1-12-6-8-20(9-7-12)11-13-10-18-16-14-4-2-3-5-15(14)19-17(22)21(13)16/h2-5,10,12H,6-9,11H2,1H3,(H,19,22). The number of nitrogens with one attached hydrogen (secondary N) is 1. The second-order valence-corrected chi connectivity index (χ2v) is 6.34. The van der Waals surface area contributed by atoms with Gasteiger partial charge < -0.3 is 4.98 Å². The predicted molar refractivity (Wildman–Crippen MR) is 87.0 cm³/mol. The molecular weight excluding hydrogens is 276 g/mol. The van der Waals surface area contributed by atoms with Crippen molar-refractivity contribution in [1.29, 1.82) is 0 Å². The Balaban J connectivity index is 1.76. The summed E-state index contributed by atoms with van der Waals surface area (Å²) in [5, 5.41) is 0.987. The lowest BCUT2D eigenvalue weighted by Gasteiger charge is -2.29. The summed E-state index contributed by atoms with van der Waals surface area (Å²) in [7, 11) is 0. The molecular formula is C17H20N4O. The van der Waals surface area contributed by atoms with Gasteiger partial charge in [-0.3, -0.25) is 4.90 Å². The molecule has 0 unspecified atom stereocenters. The molecule has 1 aromatic carbocycles. The normalized spacial score (nSPS) is 17.5. The zero-order chi connectivity index (χ0) is 15.1. The van der Waals surface area contributed by atoms with Gasteiger partial charge >= 0.3 is 5.69 Å². The third-order valence-corrected chi connectivity index (χ3v) is 4.71. The van der Waals surface area contributed by atoms with Gasteiger partial charge in [0, 0.05) is 11.9 Å². The molecule has 3 aromatic rings. The Labute approximate surface area is 128 Å². The Hall–Kier alpha value is -2.14. The van der Waals surface area contributed by atoms with E-state index in [9.17, 15) is 4.79 Å². The summed E-state index contributed by atoms with van der Waals surface area (Å²) >= 11 is 0. The van der Waals surface area contributed by atoms with E-state index in [0.29, 0.717) is 0 Å². The minimum atomic E-state index is -0.105. The first-order valence-corrected chi connectivity index (χ1v) is 7.92. The maximum absolute atomic E-state index is 12.4. The van der Waals surface area contributed by atoms with Crippen molar-refractivity contribution in [2.45, 2.75) is 26.3 Å². The zero-order valence-electron chi connectivity index (χ0n) is 12.7. The number of benzene rings is 1. The number of hydrogen-bond donors (Lipinski definition) is 1. The Morgan fingerprint density at radius 1 is 1.27 bits per heavy atom. The number of aromatic nitrogens is 3. The van der Waals surface area contributed by atoms with Crippen molar-refractivity contribution in [1.82, 2.24) is 19.3 Å². The van der Waals surface area contributed by atoms with Crippen LogP contribution in [0.2, 0.25) is 0 Å². The molecule has 0 radical (unpaired) electrons. The van der Waals surface area contributed by atoms with Gasteiger partial charge in [0.05, 0.1) is 17.4 Å². The number of nitrogens with zero attached hydrogens (tertiary/aromatic N) is 3. The van der Waals surface area contributed by atoms with Gasteiger partial charge in [-0.1, -0.05) is 19.1 Å². The van der Waals surface area contributed by atoms with Gasteiger partial charge in [-0.25, -0.2) is 14.2 Å². The van der Waals surface area contributed by atoms with Gasteiger partial charge in [0.15, 0.2) is 5.65 Å². The van der Waals surface area contributed by atoms with Crippen molar-refractivity contribution in [3.63, 3.8) is 0 Å². The SMILES string of the molecule is CC1CCN(Cc2cnc3c4ccccc4[nH]c(=O)n23)CC1. The van der Waals surface area contributed by atoms with Gasteiger partial charge in [-0.15, -0.1) is 0 Å². The Morgan fingerprint density at radius 2 is 2.05 bits per heavy atom. The minimum Gasteiger partial charge on any atom is -0.306 e. The van der Waals surface area contributed by atoms with E-state index in [2.05, 4.69) is 21.8 Å². The maximum Gasteiger partial charge on any atom is 0.332 e. The number of hydrogen-bond acceptors (Lipinski definition) is 3. The fourth-order valence-corrected chi connectivity index (χ4v) is 3.32. The highest BCUT2D eigenvalue weighted by molar-refractivity contribution is 5.91. The van der Waals surface area contributed by atoms with Crippen molar-refractivity contribution >= 4 is 16.6 Å². The van der Waals surface area contributed by atoms with Crippen molar-refractivity contribution in [3.05, 3.63) is 46.6 Å². The van der Waals surface area contributed by atoms with Crippen LogP contribution in [0, 0.1) is 5.92 Å². The van der Waals surface area contributed by atoms with E-state index in [4.69, 9.17) is 0 Å². The van der Waals surface area contributed by atoms with Crippen LogP contribution >= 0.6 is 0 Å². The maximum atomic E-state index is 12.4. The molecule has 0 bridgehead atoms. The van der Waals surface area contributed by atoms with Crippen LogP contribution in [0.5, 0.6) is 0 Å². The molecule has 1 aliphatic rings. The van der Waals surface area contributed by atoms with E-state index < -0.39 is 0 Å². The summed E-state index contributed by atoms with van der Waals surface area (Å²) in [6.07, 6.45) is 4.31. The molecule has 1 N–H and O–H groups in total. The van der Waals surface area contributed by atoms with Gasteiger partial charge in [0.2, 0.25) is 0 Å². The highest BCUT2D eigenvalue weighted by Crippen LogP contribution is 2.20. The number of H-pyrrole nitrogens is 1. The summed E-state index contributed by atoms with van der Waals surface area (Å²) in [4.78, 5) is 22.3. The molecule has 5 heteroatoms. The quantitative estimate of drug-likeness (QED) is 0.790. The number of para-hydroxylation sites is 1. The molecule has 22 heavy (non-hydrogen) atoms. The summed E-state index contributed by atoms with van der Waals surface area (Å²) in [6.45, 7) is 5.29. The highest BCUT2D eigenvalue weighted by atomic mass is 16.1. The predicted octanol–water partition coefficient (Wildman–Crippen LogP) is 2.41. The molecule has 0 atom stereocenters. The molecule has 0 spiro atoms. The minimum absolute atomic E-state index is 0.105. The number of likely N-dealkylation sites (tertiary alicyclic amines) is 1. The van der Waals surface area contributed by atoms with Crippen molar-refractivity contribution in [2.75, 3.05) is 13.1 Å². The number of piperidine rings is 1. The Morgan fingerprint density at radius 3 is 2.86 bits per heavy atom. The van der Waals surface area contributed by atoms with Gasteiger partial charge in [-0.2, -0.15) is 0 Å². The third-order valence-electron chi connectivity index (χ3n) is 4.71. The molecule has 1 saturated heterocycles. The van der Waals surface area contributed by atoms with E-state index in [1.807, 2.05) is 30.5 Å². The summed E-state index contributed by atoms with van der Waals surface area (Å²) in [5.74, 6) is 0.811. The molecule has 0 saturated carbocycles. The Bertz CT molecular complexity index is 871. The number of fused-ring (bicyclic) bond motifs is 3. The average Bonchev–Trinajstić information content (AvgIpc) is 2.94. The fourth-order valence-electron chi connectivity index (χ4n) is 3.32. The van der Waals surface area contributed by atoms with Crippen LogP contribution < -0.4 is 5.69 Å². The lowest BCUT2D eigenvalue weighted by Crippen LogP contribution is -2.33. The first-order valence-electron chi connectivity index (χ1n) is 7.92. The largest absolute Gasteiger partial charge is 0.332 e. The molecule has 2 aromatic heterocycles. The number of rotatable bonds is 2. The van der Waals surface area contributed by atoms with Crippen LogP contribution in [0.25, 0.3) is 16.6 Å². The summed E-state index contributed by atoms with van der Waals surface area (Å²) in [6, 6.07) is 7.81. The molecule has 114 valence electrons. The van der Waals surface area contributed by atoms with E-state index in [1.165, 1.54) is 12.8 Å². The van der Waals surface area contributed by atoms with Gasteiger partial charge in [0.25, 0.3) is 0 Å². The lowest BCUT2D eigenvalue weighted by atomic mass is 9.99. The monoisotopic (exact) mass is 296 g/mol. The zero-order valence-corrected chi connectivity index (χ0v) is 12.7. The van der Waals surface area contributed by atoms with E-state index >= 15 is 0 Å². The first kappa shape index (κ1) is 13.5. The molecule has 1 aliphatic heterocycles. The molecule has 4 rings (SSSR count). The average molecular weight is 296 g/mol. The Kier molecular flexibility index (Phi) is 3.22. The van der Waals surface area contributed by atoms with E-state index in [-0.39, 0.29) is 5.69 Å². The second kappa shape index (κ2) is 5.25. The molecule has 5 nitrogen and oxygen atoms in total. The van der Waals surface area contributed by atoms with Crippen LogP contribution in [-0.2, 0) is 6.54 Å². The van der Waals surface area contributed by atoms with Crippen molar-refractivity contribution < 1.29 is 0 Å². The lowest BCUT2D eigenvalue weighted by molar-refractivity contribution is 0.183. The molecule has 3 heterocycles. The van der Waals surface area contributed by atoms with Crippen LogP contribution in [0.4, 0.5) is 0 Å². The van der Waals surface area contributed by atoms with Crippen molar-refractivity contribution in [2.24, 2.45) is 5.92 Å². The van der Waals surface area contributed by atoms with Crippen molar-refractivity contribution in [3.8, 4) is 0 Å². The van der Waals surface area contributed by atoms with E-state index in [0.717, 1.165) is 47.8 Å². The van der Waals surface area contributed by atoms with Crippen LogP contribution in [-0.4, -0.2) is 32.4 Å². The topological polar surface area (TPSA) is 53.4 Å². The molecule has 1 fully saturated rings. The van der Waals surface area contributed by atoms with Crippen LogP contribution in [0.15, 0.2) is 35.3 Å².